The molecular formula is C25H33ClN8O3S. The van der Waals surface area contributed by atoms with E-state index in [4.69, 9.17) is 27.4 Å². The van der Waals surface area contributed by atoms with Crippen LogP contribution in [0.5, 0.6) is 0 Å². The number of rotatable bonds is 3. The number of fused-ring (bicyclic) bond motifs is 4. The Hall–Kier alpha value is -3.09. The van der Waals surface area contributed by atoms with Gasteiger partial charge in [0.05, 0.1) is 28.7 Å². The summed E-state index contributed by atoms with van der Waals surface area (Å²) in [5, 5.41) is 8.62. The van der Waals surface area contributed by atoms with Gasteiger partial charge < -0.3 is 20.9 Å². The number of nitrogens with zero attached hydrogens (tertiary/aromatic N) is 5. The SMILES string of the molecule is Cc1c(NCCN)nc2cc3nn2c1N(C)CCCS(=O)(=O)Nc1ccc(Cl)cc1C(=O)N1CCCC[C@@H]31. The molecule has 11 nitrogen and oxygen atoms in total. The van der Waals surface area contributed by atoms with Gasteiger partial charge in [-0.05, 0) is 50.8 Å². The summed E-state index contributed by atoms with van der Waals surface area (Å²) < 4.78 is 30.5. The van der Waals surface area contributed by atoms with Crippen LogP contribution >= 0.6 is 11.6 Å². The van der Waals surface area contributed by atoms with Crippen molar-refractivity contribution in [3.05, 3.63) is 46.1 Å². The lowest BCUT2D eigenvalue weighted by Gasteiger charge is -2.35. The molecule has 3 aromatic rings. The maximum absolute atomic E-state index is 13.9. The van der Waals surface area contributed by atoms with Crippen LogP contribution in [0, 0.1) is 6.92 Å². The van der Waals surface area contributed by atoms with Crippen molar-refractivity contribution in [3.63, 3.8) is 0 Å². The fourth-order valence-electron chi connectivity index (χ4n) is 5.30. The predicted octanol–water partition coefficient (Wildman–Crippen LogP) is 3.01. The summed E-state index contributed by atoms with van der Waals surface area (Å²) in [5.41, 5.74) is 8.46. The predicted molar refractivity (Wildman–Crippen MR) is 150 cm³/mol. The number of piperidine rings is 1. The van der Waals surface area contributed by atoms with Gasteiger partial charge in [-0.15, -0.1) is 0 Å². The number of halogens is 1. The highest BCUT2D eigenvalue weighted by molar-refractivity contribution is 7.92. The van der Waals surface area contributed by atoms with Crippen molar-refractivity contribution in [1.29, 1.82) is 0 Å². The number of aromatic nitrogens is 3. The highest BCUT2D eigenvalue weighted by atomic mass is 35.5. The van der Waals surface area contributed by atoms with Gasteiger partial charge >= 0.3 is 0 Å². The Morgan fingerprint density at radius 3 is 2.82 bits per heavy atom. The van der Waals surface area contributed by atoms with Crippen molar-refractivity contribution < 1.29 is 13.2 Å². The molecule has 0 saturated carbocycles. The molecule has 13 heteroatoms. The first kappa shape index (κ1) is 26.5. The molecule has 2 bridgehead atoms. The number of benzene rings is 1. The molecule has 1 fully saturated rings. The van der Waals surface area contributed by atoms with E-state index in [-0.39, 0.29) is 29.0 Å². The van der Waals surface area contributed by atoms with Crippen molar-refractivity contribution in [2.75, 3.05) is 53.9 Å². The molecule has 1 saturated heterocycles. The van der Waals surface area contributed by atoms with E-state index in [2.05, 4.69) is 10.0 Å². The lowest BCUT2D eigenvalue weighted by Crippen LogP contribution is -2.39. The molecule has 0 aliphatic carbocycles. The van der Waals surface area contributed by atoms with Crippen molar-refractivity contribution in [1.82, 2.24) is 19.5 Å². The van der Waals surface area contributed by atoms with Gasteiger partial charge in [-0.25, -0.2) is 13.4 Å². The van der Waals surface area contributed by atoms with Crippen molar-refractivity contribution >= 4 is 50.5 Å². The minimum Gasteiger partial charge on any atom is -0.368 e. The van der Waals surface area contributed by atoms with Crippen LogP contribution in [0.15, 0.2) is 24.3 Å². The summed E-state index contributed by atoms with van der Waals surface area (Å²) in [7, 11) is -1.80. The summed E-state index contributed by atoms with van der Waals surface area (Å²) in [5.74, 6) is 1.11. The fourth-order valence-corrected chi connectivity index (χ4v) is 6.59. The third kappa shape index (κ3) is 5.12. The van der Waals surface area contributed by atoms with E-state index in [1.165, 1.54) is 6.07 Å². The molecular weight excluding hydrogens is 528 g/mol. The van der Waals surface area contributed by atoms with E-state index in [0.717, 1.165) is 36.3 Å². The molecule has 38 heavy (non-hydrogen) atoms. The third-order valence-electron chi connectivity index (χ3n) is 7.11. The van der Waals surface area contributed by atoms with E-state index in [1.54, 1.807) is 21.5 Å². The second-order valence-corrected chi connectivity index (χ2v) is 12.1. The number of anilines is 3. The maximum Gasteiger partial charge on any atom is 0.256 e. The quantitative estimate of drug-likeness (QED) is 0.444. The Kier molecular flexibility index (Phi) is 7.38. The Morgan fingerprint density at radius 1 is 1.21 bits per heavy atom. The van der Waals surface area contributed by atoms with Crippen LogP contribution in [0.3, 0.4) is 0 Å². The molecule has 0 radical (unpaired) electrons. The molecule has 0 unspecified atom stereocenters. The molecule has 1 atom stereocenters. The second kappa shape index (κ2) is 10.6. The van der Waals surface area contributed by atoms with E-state index in [1.807, 2.05) is 24.9 Å². The molecule has 0 spiro atoms. The molecule has 2 aliphatic heterocycles. The number of carbonyl (C=O) groups is 1. The molecule has 4 heterocycles. The molecule has 1 amide bonds. The molecule has 2 aromatic heterocycles. The average Bonchev–Trinajstić information content (AvgIpc) is 3.30. The number of carbonyl (C=O) groups excluding carboxylic acids is 1. The number of sulfonamides is 1. The zero-order valence-corrected chi connectivity index (χ0v) is 23.1. The zero-order chi connectivity index (χ0) is 27.0. The number of amides is 1. The van der Waals surface area contributed by atoms with Crippen LogP contribution in [-0.2, 0) is 10.0 Å². The van der Waals surface area contributed by atoms with Crippen LogP contribution in [0.25, 0.3) is 5.65 Å². The highest BCUT2D eigenvalue weighted by Crippen LogP contribution is 2.36. The number of nitrogens with one attached hydrogen (secondary N) is 2. The van der Waals surface area contributed by atoms with Crippen molar-refractivity contribution in [3.8, 4) is 0 Å². The Labute approximate surface area is 227 Å². The van der Waals surface area contributed by atoms with Crippen LogP contribution < -0.4 is 20.7 Å². The van der Waals surface area contributed by atoms with Crippen molar-refractivity contribution in [2.24, 2.45) is 5.73 Å². The van der Waals surface area contributed by atoms with E-state index in [0.29, 0.717) is 49.1 Å². The Bertz CT molecular complexity index is 1480. The van der Waals surface area contributed by atoms with Gasteiger partial charge in [-0.2, -0.15) is 9.61 Å². The Balaban J connectivity index is 1.69. The van der Waals surface area contributed by atoms with Gasteiger partial charge in [-0.1, -0.05) is 11.6 Å². The average molecular weight is 561 g/mol. The third-order valence-corrected chi connectivity index (χ3v) is 8.71. The highest BCUT2D eigenvalue weighted by Gasteiger charge is 2.33. The van der Waals surface area contributed by atoms with Crippen molar-refractivity contribution in [2.45, 2.75) is 38.6 Å². The van der Waals surface area contributed by atoms with Gasteiger partial charge in [0.2, 0.25) is 10.0 Å². The van der Waals surface area contributed by atoms with Gasteiger partial charge in [-0.3, -0.25) is 9.52 Å². The zero-order valence-electron chi connectivity index (χ0n) is 21.6. The summed E-state index contributed by atoms with van der Waals surface area (Å²) in [6, 6.07) is 6.32. The van der Waals surface area contributed by atoms with Gasteiger partial charge in [0.15, 0.2) is 5.65 Å². The normalized spacial score (nSPS) is 19.9. The second-order valence-electron chi connectivity index (χ2n) is 9.86. The lowest BCUT2D eigenvalue weighted by molar-refractivity contribution is 0.0607. The van der Waals surface area contributed by atoms with Gasteiger partial charge in [0.25, 0.3) is 5.91 Å². The molecule has 4 N–H and O–H groups in total. The summed E-state index contributed by atoms with van der Waals surface area (Å²) in [6.45, 7) is 3.97. The monoisotopic (exact) mass is 560 g/mol. The minimum absolute atomic E-state index is 0.115. The number of hydrogen-bond acceptors (Lipinski definition) is 8. The number of hydrogen-bond donors (Lipinski definition) is 3. The van der Waals surface area contributed by atoms with Gasteiger partial charge in [0, 0.05) is 49.9 Å². The molecule has 5 rings (SSSR count). The fraction of sp³-hybridized carbons (Fsp3) is 0.480. The van der Waals surface area contributed by atoms with Crippen LogP contribution in [0.1, 0.15) is 53.3 Å². The largest absolute Gasteiger partial charge is 0.368 e. The van der Waals surface area contributed by atoms with Gasteiger partial charge in [0.1, 0.15) is 11.6 Å². The smallest absolute Gasteiger partial charge is 0.256 e. The molecule has 1 aromatic carbocycles. The molecule has 204 valence electrons. The van der Waals surface area contributed by atoms with Crippen LogP contribution in [0.2, 0.25) is 5.02 Å². The van der Waals surface area contributed by atoms with Crippen LogP contribution in [0.4, 0.5) is 17.3 Å². The Morgan fingerprint density at radius 2 is 2.03 bits per heavy atom. The first-order valence-electron chi connectivity index (χ1n) is 12.8. The van der Waals surface area contributed by atoms with E-state index < -0.39 is 10.0 Å². The standard InChI is InChI=1S/C25H33ClN8O3S/c1-16-23(28-10-9-27)29-22-15-20-21-6-3-4-12-33(21)25(35)18-14-17(26)7-8-19(18)31-38(36,37)13-5-11-32(2)24(16)34(22)30-20/h7-8,14-15,21,31H,3-6,9-13,27H2,1-2H3,(H,28,29)/t21-/m0/s1. The number of nitrogens with two attached hydrogens (primary N) is 1. The van der Waals surface area contributed by atoms with E-state index in [9.17, 15) is 13.2 Å². The summed E-state index contributed by atoms with van der Waals surface area (Å²) in [4.78, 5) is 22.5. The maximum atomic E-state index is 13.9. The minimum atomic E-state index is -3.72. The first-order chi connectivity index (χ1) is 18.2. The molecule has 2 aliphatic rings. The summed E-state index contributed by atoms with van der Waals surface area (Å²) >= 11 is 6.26. The van der Waals surface area contributed by atoms with E-state index >= 15 is 0 Å². The summed E-state index contributed by atoms with van der Waals surface area (Å²) in [6.07, 6.45) is 2.88. The topological polar surface area (TPSA) is 138 Å². The van der Waals surface area contributed by atoms with Crippen LogP contribution in [-0.4, -0.2) is 72.8 Å². The lowest BCUT2D eigenvalue weighted by atomic mass is 9.98. The first-order valence-corrected chi connectivity index (χ1v) is 14.9.